The minimum atomic E-state index is -0.436. The number of nitrogens with zero attached hydrogens (tertiary/aromatic N) is 2. The van der Waals surface area contributed by atoms with Crippen LogP contribution in [0.2, 0.25) is 5.15 Å². The van der Waals surface area contributed by atoms with Gasteiger partial charge < -0.3 is 15.7 Å². The van der Waals surface area contributed by atoms with Crippen LogP contribution in [0.25, 0.3) is 0 Å². The first-order chi connectivity index (χ1) is 7.08. The monoisotopic (exact) mass is 227 g/mol. The predicted molar refractivity (Wildman–Crippen MR) is 55.6 cm³/mol. The number of likely N-dealkylation sites (tertiary alicyclic amines) is 1. The van der Waals surface area contributed by atoms with E-state index in [4.69, 9.17) is 22.4 Å². The third kappa shape index (κ3) is 1.88. The molecule has 1 aromatic rings. The number of rotatable bonds is 1. The number of hydrogen-bond acceptors (Lipinski definition) is 4. The summed E-state index contributed by atoms with van der Waals surface area (Å²) in [4.78, 5) is 17.1. The zero-order valence-electron chi connectivity index (χ0n) is 7.85. The Labute approximate surface area is 91.5 Å². The molecule has 3 N–H and O–H groups in total. The van der Waals surface area contributed by atoms with Crippen molar-refractivity contribution in [1.82, 2.24) is 9.88 Å². The first kappa shape index (κ1) is 10.2. The van der Waals surface area contributed by atoms with E-state index in [0.717, 1.165) is 0 Å². The number of aliphatic hydroxyl groups excluding tert-OH is 1. The number of carbonyl (C=O) groups excluding carboxylic acids is 1. The van der Waals surface area contributed by atoms with Crippen molar-refractivity contribution in [2.75, 3.05) is 18.8 Å². The van der Waals surface area contributed by atoms with Crippen molar-refractivity contribution >= 4 is 23.2 Å². The molecule has 1 amide bonds. The number of aromatic nitrogens is 1. The van der Waals surface area contributed by atoms with Crippen LogP contribution in [0.1, 0.15) is 10.5 Å². The molecule has 5 nitrogen and oxygen atoms in total. The molecular weight excluding hydrogens is 218 g/mol. The third-order valence-corrected chi connectivity index (χ3v) is 2.46. The fourth-order valence-corrected chi connectivity index (χ4v) is 1.54. The molecule has 15 heavy (non-hydrogen) atoms. The topological polar surface area (TPSA) is 79.5 Å². The summed E-state index contributed by atoms with van der Waals surface area (Å²) >= 11 is 5.67. The number of nitrogens with two attached hydrogens (primary N) is 1. The van der Waals surface area contributed by atoms with Gasteiger partial charge in [-0.15, -0.1) is 0 Å². The van der Waals surface area contributed by atoms with Crippen LogP contribution < -0.4 is 5.73 Å². The summed E-state index contributed by atoms with van der Waals surface area (Å²) in [6.45, 7) is 0.652. The van der Waals surface area contributed by atoms with Gasteiger partial charge in [0.05, 0.1) is 11.8 Å². The van der Waals surface area contributed by atoms with Crippen LogP contribution in [0.5, 0.6) is 0 Å². The Hall–Kier alpha value is -1.33. The highest BCUT2D eigenvalue weighted by Crippen LogP contribution is 2.18. The molecule has 1 saturated heterocycles. The lowest BCUT2D eigenvalue weighted by molar-refractivity contribution is 0.00558. The molecule has 1 aliphatic rings. The second-order valence-electron chi connectivity index (χ2n) is 3.44. The highest BCUT2D eigenvalue weighted by atomic mass is 35.5. The first-order valence-electron chi connectivity index (χ1n) is 4.47. The molecule has 6 heteroatoms. The number of hydrogen-bond donors (Lipinski definition) is 2. The van der Waals surface area contributed by atoms with Gasteiger partial charge in [0, 0.05) is 13.1 Å². The van der Waals surface area contributed by atoms with Gasteiger partial charge in [-0.1, -0.05) is 11.6 Å². The summed E-state index contributed by atoms with van der Waals surface area (Å²) in [6, 6.07) is 3.07. The molecule has 0 aliphatic carbocycles. The fourth-order valence-electron chi connectivity index (χ4n) is 1.39. The molecule has 1 aliphatic heterocycles. The lowest BCUT2D eigenvalue weighted by Crippen LogP contribution is -2.53. The van der Waals surface area contributed by atoms with E-state index in [9.17, 15) is 4.79 Å². The number of amides is 1. The van der Waals surface area contributed by atoms with Gasteiger partial charge in [-0.05, 0) is 12.1 Å². The van der Waals surface area contributed by atoms with Crippen LogP contribution in [0, 0.1) is 0 Å². The second-order valence-corrected chi connectivity index (χ2v) is 3.82. The number of pyridine rings is 1. The van der Waals surface area contributed by atoms with E-state index in [0.29, 0.717) is 18.8 Å². The highest BCUT2D eigenvalue weighted by Gasteiger charge is 2.31. The lowest BCUT2D eigenvalue weighted by Gasteiger charge is -2.35. The van der Waals surface area contributed by atoms with Crippen LogP contribution in [0.15, 0.2) is 12.1 Å². The van der Waals surface area contributed by atoms with Crippen molar-refractivity contribution in [2.45, 2.75) is 6.10 Å². The molecule has 1 aromatic heterocycles. The van der Waals surface area contributed by atoms with Crippen molar-refractivity contribution in [3.8, 4) is 0 Å². The summed E-state index contributed by atoms with van der Waals surface area (Å²) in [5.41, 5.74) is 6.06. The van der Waals surface area contributed by atoms with Gasteiger partial charge in [-0.3, -0.25) is 4.79 Å². The van der Waals surface area contributed by atoms with Crippen LogP contribution in [-0.2, 0) is 0 Å². The number of β-amino-alcohol motifs (C(OH)–C–C–N with tert-alkyl or cyclic N) is 1. The number of nitrogen functional groups attached to an aromatic ring is 1. The Balaban J connectivity index is 2.22. The highest BCUT2D eigenvalue weighted by molar-refractivity contribution is 6.29. The van der Waals surface area contributed by atoms with Gasteiger partial charge in [0.1, 0.15) is 5.15 Å². The molecule has 80 valence electrons. The van der Waals surface area contributed by atoms with Gasteiger partial charge in [0.25, 0.3) is 5.91 Å². The summed E-state index contributed by atoms with van der Waals surface area (Å²) in [5.74, 6) is -0.291. The Morgan fingerprint density at radius 3 is 2.87 bits per heavy atom. The number of anilines is 1. The second kappa shape index (κ2) is 3.67. The van der Waals surface area contributed by atoms with E-state index < -0.39 is 6.10 Å². The van der Waals surface area contributed by atoms with Crippen molar-refractivity contribution < 1.29 is 9.90 Å². The quantitative estimate of drug-likeness (QED) is 0.669. The summed E-state index contributed by atoms with van der Waals surface area (Å²) in [6.07, 6.45) is -0.436. The van der Waals surface area contributed by atoms with E-state index in [2.05, 4.69) is 4.98 Å². The van der Waals surface area contributed by atoms with Gasteiger partial charge in [0.2, 0.25) is 0 Å². The van der Waals surface area contributed by atoms with Crippen LogP contribution in [0.3, 0.4) is 0 Å². The molecule has 0 spiro atoms. The maximum Gasteiger partial charge on any atom is 0.274 e. The SMILES string of the molecule is Nc1ccc(Cl)nc1C(=O)N1CC(O)C1. The van der Waals surface area contributed by atoms with E-state index in [1.165, 1.54) is 11.0 Å². The Kier molecular flexibility index (Phi) is 2.50. The summed E-state index contributed by atoms with van der Waals surface area (Å²) in [5, 5.41) is 9.30. The van der Waals surface area contributed by atoms with Crippen molar-refractivity contribution in [2.24, 2.45) is 0 Å². The molecule has 0 bridgehead atoms. The third-order valence-electron chi connectivity index (χ3n) is 2.24. The molecule has 2 rings (SSSR count). The van der Waals surface area contributed by atoms with Gasteiger partial charge in [-0.25, -0.2) is 4.98 Å². The molecule has 0 atom stereocenters. The predicted octanol–water partition coefficient (Wildman–Crippen LogP) is 0.134. The molecular formula is C9H10ClN3O2. The van der Waals surface area contributed by atoms with Crippen molar-refractivity contribution in [1.29, 1.82) is 0 Å². The maximum atomic E-state index is 11.8. The average Bonchev–Trinajstić information content (AvgIpc) is 2.16. The van der Waals surface area contributed by atoms with Crippen LogP contribution in [-0.4, -0.2) is 40.1 Å². The van der Waals surface area contributed by atoms with Crippen LogP contribution >= 0.6 is 11.6 Å². The van der Waals surface area contributed by atoms with Crippen molar-refractivity contribution in [3.05, 3.63) is 23.0 Å². The Morgan fingerprint density at radius 2 is 2.27 bits per heavy atom. The summed E-state index contributed by atoms with van der Waals surface area (Å²) in [7, 11) is 0. The van der Waals surface area contributed by atoms with E-state index in [-0.39, 0.29) is 16.8 Å². The number of carbonyl (C=O) groups is 1. The molecule has 0 aromatic carbocycles. The number of aliphatic hydroxyl groups is 1. The Morgan fingerprint density at radius 1 is 1.60 bits per heavy atom. The van der Waals surface area contributed by atoms with E-state index in [1.54, 1.807) is 6.07 Å². The molecule has 0 unspecified atom stereocenters. The van der Waals surface area contributed by atoms with E-state index >= 15 is 0 Å². The average molecular weight is 228 g/mol. The number of halogens is 1. The minimum absolute atomic E-state index is 0.148. The van der Waals surface area contributed by atoms with Crippen LogP contribution in [0.4, 0.5) is 5.69 Å². The normalized spacial score (nSPS) is 16.3. The lowest BCUT2D eigenvalue weighted by atomic mass is 10.1. The smallest absolute Gasteiger partial charge is 0.274 e. The standard InChI is InChI=1S/C9H10ClN3O2/c10-7-2-1-6(11)8(12-7)9(15)13-3-5(14)4-13/h1-2,5,14H,3-4,11H2. The maximum absolute atomic E-state index is 11.8. The van der Waals surface area contributed by atoms with Gasteiger partial charge in [0.15, 0.2) is 5.69 Å². The molecule has 1 fully saturated rings. The zero-order valence-corrected chi connectivity index (χ0v) is 8.61. The largest absolute Gasteiger partial charge is 0.397 e. The zero-order chi connectivity index (χ0) is 11.0. The van der Waals surface area contributed by atoms with E-state index in [1.807, 2.05) is 0 Å². The van der Waals surface area contributed by atoms with Gasteiger partial charge in [-0.2, -0.15) is 0 Å². The molecule has 0 radical (unpaired) electrons. The fraction of sp³-hybridized carbons (Fsp3) is 0.333. The molecule has 0 saturated carbocycles. The Bertz CT molecular complexity index is 404. The molecule has 2 heterocycles. The first-order valence-corrected chi connectivity index (χ1v) is 4.85. The van der Waals surface area contributed by atoms with Gasteiger partial charge >= 0.3 is 0 Å². The van der Waals surface area contributed by atoms with Crippen molar-refractivity contribution in [3.63, 3.8) is 0 Å². The summed E-state index contributed by atoms with van der Waals surface area (Å²) < 4.78 is 0. The minimum Gasteiger partial charge on any atom is -0.397 e.